The maximum absolute atomic E-state index is 13.1. The zero-order chi connectivity index (χ0) is 26.0. The van der Waals surface area contributed by atoms with Gasteiger partial charge in [0.1, 0.15) is 11.3 Å². The Labute approximate surface area is 202 Å². The van der Waals surface area contributed by atoms with Crippen LogP contribution in [-0.2, 0) is 15.8 Å². The number of para-hydroxylation sites is 1. The van der Waals surface area contributed by atoms with Crippen LogP contribution in [0.4, 0.5) is 23.7 Å². The first-order valence-electron chi connectivity index (χ1n) is 10.5. The number of amides is 4. The van der Waals surface area contributed by atoms with E-state index in [0.29, 0.717) is 11.0 Å². The number of barbiturate groups is 1. The predicted molar refractivity (Wildman–Crippen MR) is 123 cm³/mol. The maximum Gasteiger partial charge on any atom is 0.416 e. The quantitative estimate of drug-likeness (QED) is 0.241. The lowest BCUT2D eigenvalue weighted by Crippen LogP contribution is -2.54. The van der Waals surface area contributed by atoms with Crippen LogP contribution in [0.15, 0.2) is 78.4 Å². The molecule has 1 N–H and O–H groups in total. The predicted octanol–water partition coefficient (Wildman–Crippen LogP) is 4.90. The van der Waals surface area contributed by atoms with E-state index in [9.17, 15) is 32.3 Å². The SMILES string of the molecule is Cc1ccc(C(=O)Oc2ccccc2C=C2C(=O)NC(=O)N(c3cccc(C(F)(F)F)c3)C2=O)cc1. The topological polar surface area (TPSA) is 92.8 Å². The van der Waals surface area contributed by atoms with Crippen molar-refractivity contribution in [1.29, 1.82) is 0 Å². The Bertz CT molecular complexity index is 1410. The number of rotatable bonds is 4. The molecule has 1 aliphatic heterocycles. The summed E-state index contributed by atoms with van der Waals surface area (Å²) in [6.07, 6.45) is -3.61. The number of carbonyl (C=O) groups excluding carboxylic acids is 4. The van der Waals surface area contributed by atoms with Gasteiger partial charge in [-0.2, -0.15) is 13.2 Å². The van der Waals surface area contributed by atoms with Crippen molar-refractivity contribution >= 4 is 35.6 Å². The minimum Gasteiger partial charge on any atom is -0.422 e. The summed E-state index contributed by atoms with van der Waals surface area (Å²) in [6.45, 7) is 1.86. The lowest BCUT2D eigenvalue weighted by Gasteiger charge is -2.27. The molecule has 0 aliphatic carbocycles. The van der Waals surface area contributed by atoms with Gasteiger partial charge in [0.2, 0.25) is 0 Å². The number of anilines is 1. The van der Waals surface area contributed by atoms with Crippen LogP contribution in [0, 0.1) is 6.92 Å². The van der Waals surface area contributed by atoms with E-state index in [4.69, 9.17) is 4.74 Å². The number of ether oxygens (including phenoxy) is 1. The molecule has 1 saturated heterocycles. The second-order valence-electron chi connectivity index (χ2n) is 7.80. The van der Waals surface area contributed by atoms with Gasteiger partial charge in [0.15, 0.2) is 0 Å². The van der Waals surface area contributed by atoms with Crippen LogP contribution >= 0.6 is 0 Å². The Kier molecular flexibility index (Phi) is 6.43. The van der Waals surface area contributed by atoms with E-state index < -0.39 is 41.1 Å². The molecule has 3 aromatic carbocycles. The highest BCUT2D eigenvalue weighted by molar-refractivity contribution is 6.39. The van der Waals surface area contributed by atoms with Crippen LogP contribution in [0.25, 0.3) is 6.08 Å². The molecule has 10 heteroatoms. The number of halogens is 3. The molecule has 0 saturated carbocycles. The van der Waals surface area contributed by atoms with Crippen molar-refractivity contribution in [2.75, 3.05) is 4.90 Å². The van der Waals surface area contributed by atoms with E-state index in [0.717, 1.165) is 29.8 Å². The maximum atomic E-state index is 13.1. The van der Waals surface area contributed by atoms with Gasteiger partial charge in [0, 0.05) is 5.56 Å². The highest BCUT2D eigenvalue weighted by Crippen LogP contribution is 2.33. The van der Waals surface area contributed by atoms with Crippen molar-refractivity contribution in [2.45, 2.75) is 13.1 Å². The monoisotopic (exact) mass is 494 g/mol. The molecule has 0 atom stereocenters. The Morgan fingerprint density at radius 3 is 2.33 bits per heavy atom. The summed E-state index contributed by atoms with van der Waals surface area (Å²) in [7, 11) is 0. The number of aryl methyl sites for hydroxylation is 1. The average molecular weight is 494 g/mol. The molecule has 7 nitrogen and oxygen atoms in total. The number of nitrogens with one attached hydrogen (secondary N) is 1. The van der Waals surface area contributed by atoms with Gasteiger partial charge in [-0.25, -0.2) is 14.5 Å². The van der Waals surface area contributed by atoms with E-state index in [1.54, 1.807) is 36.4 Å². The molecule has 1 aliphatic rings. The van der Waals surface area contributed by atoms with Gasteiger partial charge in [0.05, 0.1) is 16.8 Å². The second-order valence-corrected chi connectivity index (χ2v) is 7.80. The van der Waals surface area contributed by atoms with Crippen molar-refractivity contribution in [1.82, 2.24) is 5.32 Å². The van der Waals surface area contributed by atoms with Crippen LogP contribution in [-0.4, -0.2) is 23.8 Å². The van der Waals surface area contributed by atoms with E-state index in [1.165, 1.54) is 12.1 Å². The fraction of sp³-hybridized carbons (Fsp3) is 0.0769. The zero-order valence-electron chi connectivity index (χ0n) is 18.6. The number of benzene rings is 3. The van der Waals surface area contributed by atoms with Gasteiger partial charge in [-0.3, -0.25) is 14.9 Å². The summed E-state index contributed by atoms with van der Waals surface area (Å²) in [4.78, 5) is 50.9. The number of esters is 1. The van der Waals surface area contributed by atoms with Gasteiger partial charge in [0.25, 0.3) is 11.8 Å². The van der Waals surface area contributed by atoms with Crippen LogP contribution in [0.3, 0.4) is 0 Å². The first-order valence-corrected chi connectivity index (χ1v) is 10.5. The van der Waals surface area contributed by atoms with Crippen LogP contribution in [0.5, 0.6) is 5.75 Å². The molecule has 0 spiro atoms. The normalized spacial score (nSPS) is 15.2. The summed E-state index contributed by atoms with van der Waals surface area (Å²) in [5.41, 5.74) is -0.601. The molecule has 4 amide bonds. The number of hydrogen-bond donors (Lipinski definition) is 1. The summed E-state index contributed by atoms with van der Waals surface area (Å²) in [6, 6.07) is 15.1. The van der Waals surface area contributed by atoms with E-state index in [-0.39, 0.29) is 22.6 Å². The standard InChI is InChI=1S/C26H17F3N2O5/c1-15-9-11-16(12-10-15)24(34)36-21-8-3-2-5-17(21)13-20-22(32)30-25(35)31(23(20)33)19-7-4-6-18(14-19)26(27,28)29/h2-14H,1H3,(H,30,32,35). The molecule has 36 heavy (non-hydrogen) atoms. The molecule has 0 aromatic heterocycles. The van der Waals surface area contributed by atoms with E-state index in [1.807, 2.05) is 12.2 Å². The third kappa shape index (κ3) is 5.02. The Morgan fingerprint density at radius 2 is 1.64 bits per heavy atom. The molecular weight excluding hydrogens is 477 g/mol. The van der Waals surface area contributed by atoms with Gasteiger partial charge < -0.3 is 4.74 Å². The Balaban J connectivity index is 1.68. The van der Waals surface area contributed by atoms with E-state index >= 15 is 0 Å². The van der Waals surface area contributed by atoms with Gasteiger partial charge in [-0.05, 0) is 49.4 Å². The number of alkyl halides is 3. The molecule has 3 aromatic rings. The molecule has 0 radical (unpaired) electrons. The third-order valence-corrected chi connectivity index (χ3v) is 5.24. The second kappa shape index (κ2) is 9.49. The number of hydrogen-bond acceptors (Lipinski definition) is 5. The molecule has 182 valence electrons. The van der Waals surface area contributed by atoms with Crippen LogP contribution in [0.2, 0.25) is 0 Å². The van der Waals surface area contributed by atoms with Crippen LogP contribution in [0.1, 0.15) is 27.0 Å². The van der Waals surface area contributed by atoms with Gasteiger partial charge in [-0.15, -0.1) is 0 Å². The highest BCUT2D eigenvalue weighted by Gasteiger charge is 2.38. The Morgan fingerprint density at radius 1 is 0.944 bits per heavy atom. The van der Waals surface area contributed by atoms with Gasteiger partial charge >= 0.3 is 18.2 Å². The number of urea groups is 1. The number of nitrogens with zero attached hydrogens (tertiary/aromatic N) is 1. The molecule has 0 unspecified atom stereocenters. The van der Waals surface area contributed by atoms with Crippen molar-refractivity contribution in [2.24, 2.45) is 0 Å². The Hall–Kier alpha value is -4.73. The number of carbonyl (C=O) groups is 4. The first kappa shape index (κ1) is 24.4. The largest absolute Gasteiger partial charge is 0.422 e. The fourth-order valence-electron chi connectivity index (χ4n) is 3.41. The van der Waals surface area contributed by atoms with Crippen molar-refractivity contribution in [3.8, 4) is 5.75 Å². The summed E-state index contributed by atoms with van der Waals surface area (Å²) in [5.74, 6) is -2.84. The third-order valence-electron chi connectivity index (χ3n) is 5.24. The van der Waals surface area contributed by atoms with Crippen molar-refractivity contribution in [3.05, 3.63) is 101 Å². The highest BCUT2D eigenvalue weighted by atomic mass is 19.4. The molecule has 4 rings (SSSR count). The summed E-state index contributed by atoms with van der Waals surface area (Å²) in [5, 5.41) is 1.95. The first-order chi connectivity index (χ1) is 17.0. The molecule has 0 bridgehead atoms. The molecule has 1 heterocycles. The lowest BCUT2D eigenvalue weighted by molar-refractivity contribution is -0.137. The minimum atomic E-state index is -4.71. The van der Waals surface area contributed by atoms with Crippen molar-refractivity contribution in [3.63, 3.8) is 0 Å². The number of imide groups is 2. The molecule has 1 fully saturated rings. The zero-order valence-corrected chi connectivity index (χ0v) is 18.6. The average Bonchev–Trinajstić information content (AvgIpc) is 2.82. The van der Waals surface area contributed by atoms with E-state index in [2.05, 4.69) is 0 Å². The summed E-state index contributed by atoms with van der Waals surface area (Å²) >= 11 is 0. The summed E-state index contributed by atoms with van der Waals surface area (Å²) < 4.78 is 44.8. The van der Waals surface area contributed by atoms with Crippen molar-refractivity contribution < 1.29 is 37.1 Å². The lowest BCUT2D eigenvalue weighted by atomic mass is 10.1. The smallest absolute Gasteiger partial charge is 0.416 e. The minimum absolute atomic E-state index is 0.0266. The van der Waals surface area contributed by atoms with Gasteiger partial charge in [-0.1, -0.05) is 42.0 Å². The van der Waals surface area contributed by atoms with Crippen LogP contribution < -0.4 is 15.0 Å². The fourth-order valence-corrected chi connectivity index (χ4v) is 3.41. The molecular formula is C26H17F3N2O5.